The number of fused-ring (bicyclic) bond motifs is 1. The van der Waals surface area contributed by atoms with Gasteiger partial charge in [-0.1, -0.05) is 36.2 Å². The quantitative estimate of drug-likeness (QED) is 0.454. The van der Waals surface area contributed by atoms with Gasteiger partial charge in [0.15, 0.2) is 5.65 Å². The van der Waals surface area contributed by atoms with E-state index in [1.807, 2.05) is 30.6 Å². The lowest BCUT2D eigenvalue weighted by atomic mass is 9.77. The van der Waals surface area contributed by atoms with Gasteiger partial charge in [-0.3, -0.25) is 0 Å². The first-order valence-corrected chi connectivity index (χ1v) is 13.3. The number of piperidine rings is 1. The van der Waals surface area contributed by atoms with Crippen LogP contribution >= 0.6 is 23.4 Å². The number of aromatic nitrogens is 4. The van der Waals surface area contributed by atoms with E-state index in [4.69, 9.17) is 21.6 Å². The molecule has 0 atom stereocenters. The molecule has 1 spiro atoms. The molecular weight excluding hydrogens is 452 g/mol. The van der Waals surface area contributed by atoms with E-state index in [9.17, 15) is 0 Å². The molecule has 1 saturated carbocycles. The van der Waals surface area contributed by atoms with E-state index in [2.05, 4.69) is 19.8 Å². The molecule has 0 amide bonds. The van der Waals surface area contributed by atoms with Gasteiger partial charge >= 0.3 is 0 Å². The molecule has 3 aliphatic rings. The van der Waals surface area contributed by atoms with Crippen molar-refractivity contribution in [3.63, 3.8) is 0 Å². The molecule has 2 aliphatic heterocycles. The van der Waals surface area contributed by atoms with Crippen molar-refractivity contribution in [2.45, 2.75) is 61.3 Å². The number of pyridine rings is 2. The molecule has 0 bridgehead atoms. The SMILES string of the molecule is Clc1c(Sc2ccc3nc(N4CCC5(CCCC5)CC4)cnc3n2)ccnc1N1CCCC1. The molecular formula is C25H29ClN6S. The van der Waals surface area contributed by atoms with Gasteiger partial charge in [-0.25, -0.2) is 19.9 Å². The van der Waals surface area contributed by atoms with Crippen LogP contribution in [-0.4, -0.2) is 46.1 Å². The minimum atomic E-state index is 0.608. The van der Waals surface area contributed by atoms with Crippen molar-refractivity contribution in [2.75, 3.05) is 36.0 Å². The van der Waals surface area contributed by atoms with Crippen molar-refractivity contribution in [3.05, 3.63) is 35.6 Å². The molecule has 1 aliphatic carbocycles. The van der Waals surface area contributed by atoms with Gasteiger partial charge in [-0.2, -0.15) is 0 Å². The smallest absolute Gasteiger partial charge is 0.179 e. The van der Waals surface area contributed by atoms with Gasteiger partial charge in [0.05, 0.1) is 11.2 Å². The summed E-state index contributed by atoms with van der Waals surface area (Å²) in [6.45, 7) is 4.21. The van der Waals surface area contributed by atoms with Crippen molar-refractivity contribution >= 4 is 46.2 Å². The van der Waals surface area contributed by atoms with Crippen molar-refractivity contribution in [2.24, 2.45) is 5.41 Å². The fourth-order valence-electron chi connectivity index (χ4n) is 5.68. The minimum Gasteiger partial charge on any atom is -0.355 e. The Bertz CT molecular complexity index is 1150. The van der Waals surface area contributed by atoms with Crippen molar-refractivity contribution in [3.8, 4) is 0 Å². The first kappa shape index (κ1) is 21.4. The van der Waals surface area contributed by atoms with Gasteiger partial charge in [0.2, 0.25) is 0 Å². The van der Waals surface area contributed by atoms with Crippen LogP contribution in [0.2, 0.25) is 5.02 Å². The van der Waals surface area contributed by atoms with Crippen LogP contribution in [0, 0.1) is 5.41 Å². The highest BCUT2D eigenvalue weighted by molar-refractivity contribution is 7.99. The summed E-state index contributed by atoms with van der Waals surface area (Å²) < 4.78 is 0. The van der Waals surface area contributed by atoms with Crippen LogP contribution in [0.3, 0.4) is 0 Å². The predicted molar refractivity (Wildman–Crippen MR) is 134 cm³/mol. The van der Waals surface area contributed by atoms with Gasteiger partial charge in [0.25, 0.3) is 0 Å². The lowest BCUT2D eigenvalue weighted by molar-refractivity contribution is 0.226. The Labute approximate surface area is 204 Å². The molecule has 0 N–H and O–H groups in total. The first-order valence-electron chi connectivity index (χ1n) is 12.2. The molecule has 6 nitrogen and oxygen atoms in total. The van der Waals surface area contributed by atoms with Crippen LogP contribution in [0.25, 0.3) is 11.2 Å². The van der Waals surface area contributed by atoms with Crippen LogP contribution in [0.5, 0.6) is 0 Å². The highest BCUT2D eigenvalue weighted by Gasteiger charge is 2.37. The standard InChI is InChI=1S/C25H29ClN6S/c26-22-19(7-12-27-24(22)32-13-3-4-14-32)33-21-6-5-18-23(30-21)28-17-20(29-18)31-15-10-25(11-16-31)8-1-2-9-25/h5-7,12,17H,1-4,8-11,13-16H2. The topological polar surface area (TPSA) is 58.0 Å². The van der Waals surface area contributed by atoms with Gasteiger partial charge in [-0.15, -0.1) is 0 Å². The Morgan fingerprint density at radius 2 is 1.61 bits per heavy atom. The van der Waals surface area contributed by atoms with Crippen molar-refractivity contribution < 1.29 is 0 Å². The van der Waals surface area contributed by atoms with E-state index in [1.54, 1.807) is 11.8 Å². The Kier molecular flexibility index (Phi) is 5.78. The van der Waals surface area contributed by atoms with Gasteiger partial charge in [0, 0.05) is 37.3 Å². The molecule has 172 valence electrons. The summed E-state index contributed by atoms with van der Waals surface area (Å²) in [7, 11) is 0. The summed E-state index contributed by atoms with van der Waals surface area (Å²) in [6, 6.07) is 6.00. The fraction of sp³-hybridized carbons (Fsp3) is 0.520. The van der Waals surface area contributed by atoms with Gasteiger partial charge < -0.3 is 9.80 Å². The third-order valence-corrected chi connectivity index (χ3v) is 9.12. The molecule has 0 aromatic carbocycles. The molecule has 33 heavy (non-hydrogen) atoms. The Morgan fingerprint density at radius 3 is 2.39 bits per heavy atom. The molecule has 0 radical (unpaired) electrons. The zero-order chi connectivity index (χ0) is 22.3. The molecule has 3 aromatic rings. The van der Waals surface area contributed by atoms with Crippen LogP contribution < -0.4 is 9.80 Å². The number of hydrogen-bond donors (Lipinski definition) is 0. The largest absolute Gasteiger partial charge is 0.355 e. The lowest BCUT2D eigenvalue weighted by Gasteiger charge is -2.39. The summed E-state index contributed by atoms with van der Waals surface area (Å²) in [5, 5.41) is 1.57. The van der Waals surface area contributed by atoms with E-state index >= 15 is 0 Å². The average Bonchev–Trinajstić information content (AvgIpc) is 3.54. The second-order valence-electron chi connectivity index (χ2n) is 9.66. The molecule has 5 heterocycles. The summed E-state index contributed by atoms with van der Waals surface area (Å²) in [5.41, 5.74) is 2.13. The molecule has 2 saturated heterocycles. The van der Waals surface area contributed by atoms with Crippen LogP contribution in [0.1, 0.15) is 51.4 Å². The third kappa shape index (κ3) is 4.26. The second-order valence-corrected chi connectivity index (χ2v) is 11.1. The highest BCUT2D eigenvalue weighted by Crippen LogP contribution is 2.46. The Hall–Kier alpha value is -2.12. The molecule has 3 aromatic heterocycles. The number of nitrogens with zero attached hydrogens (tertiary/aromatic N) is 6. The van der Waals surface area contributed by atoms with Crippen molar-refractivity contribution in [1.29, 1.82) is 0 Å². The Balaban J connectivity index is 1.19. The van der Waals surface area contributed by atoms with Crippen LogP contribution in [0.4, 0.5) is 11.6 Å². The first-order chi connectivity index (χ1) is 16.2. The molecule has 6 rings (SSSR count). The molecule has 3 fully saturated rings. The van der Waals surface area contributed by atoms with Gasteiger partial charge in [0.1, 0.15) is 22.2 Å². The Morgan fingerprint density at radius 1 is 0.818 bits per heavy atom. The second kappa shape index (κ2) is 8.91. The highest BCUT2D eigenvalue weighted by atomic mass is 35.5. The van der Waals surface area contributed by atoms with E-state index < -0.39 is 0 Å². The molecule has 0 unspecified atom stereocenters. The van der Waals surface area contributed by atoms with E-state index in [1.165, 1.54) is 51.4 Å². The molecule has 8 heteroatoms. The number of halogens is 1. The average molecular weight is 481 g/mol. The van der Waals surface area contributed by atoms with Crippen LogP contribution in [0.15, 0.2) is 40.5 Å². The number of anilines is 2. The van der Waals surface area contributed by atoms with Gasteiger partial charge in [-0.05, 0) is 62.1 Å². The summed E-state index contributed by atoms with van der Waals surface area (Å²) >= 11 is 8.28. The number of rotatable bonds is 4. The fourth-order valence-corrected chi connectivity index (χ4v) is 6.83. The summed E-state index contributed by atoms with van der Waals surface area (Å²) in [4.78, 5) is 24.5. The van der Waals surface area contributed by atoms with Crippen LogP contribution in [-0.2, 0) is 0 Å². The monoisotopic (exact) mass is 480 g/mol. The van der Waals surface area contributed by atoms with E-state index in [0.717, 1.165) is 53.3 Å². The summed E-state index contributed by atoms with van der Waals surface area (Å²) in [6.07, 6.45) is 14.3. The van der Waals surface area contributed by atoms with Crippen molar-refractivity contribution in [1.82, 2.24) is 19.9 Å². The maximum Gasteiger partial charge on any atom is 0.179 e. The maximum absolute atomic E-state index is 6.72. The minimum absolute atomic E-state index is 0.608. The maximum atomic E-state index is 6.72. The summed E-state index contributed by atoms with van der Waals surface area (Å²) in [5.74, 6) is 1.86. The van der Waals surface area contributed by atoms with E-state index in [0.29, 0.717) is 16.1 Å². The zero-order valence-corrected chi connectivity index (χ0v) is 20.4. The lowest BCUT2D eigenvalue weighted by Crippen LogP contribution is -2.39. The zero-order valence-electron chi connectivity index (χ0n) is 18.8. The predicted octanol–water partition coefficient (Wildman–Crippen LogP) is 5.99. The van der Waals surface area contributed by atoms with E-state index in [-0.39, 0.29) is 0 Å². The third-order valence-electron chi connectivity index (χ3n) is 7.63. The number of hydrogen-bond acceptors (Lipinski definition) is 7. The normalized spacial score (nSPS) is 20.3.